The van der Waals surface area contributed by atoms with Crippen LogP contribution >= 0.6 is 0 Å². The molecule has 1 saturated heterocycles. The third kappa shape index (κ3) is 3.85. The van der Waals surface area contributed by atoms with Crippen molar-refractivity contribution in [3.05, 3.63) is 24.3 Å². The lowest BCUT2D eigenvalue weighted by Gasteiger charge is -2.36. The minimum absolute atomic E-state index is 0.180. The average molecular weight is 325 g/mol. The Morgan fingerprint density at radius 2 is 1.64 bits per heavy atom. The second kappa shape index (κ2) is 6.76. The number of rotatable bonds is 4. The Bertz CT molecular complexity index is 618. The van der Waals surface area contributed by atoms with Crippen LogP contribution in [0.5, 0.6) is 0 Å². The van der Waals surface area contributed by atoms with Gasteiger partial charge in [0.2, 0.25) is 15.9 Å². The third-order valence-electron chi connectivity index (χ3n) is 3.82. The largest absolute Gasteiger partial charge is 0.326 e. The second-order valence-corrected chi connectivity index (χ2v) is 7.68. The number of hydrogen-bond acceptors (Lipinski definition) is 4. The van der Waals surface area contributed by atoms with Crippen LogP contribution in [-0.4, -0.2) is 55.8 Å². The number of hydrogen-bond donors (Lipinski definition) is 1. The molecule has 0 aliphatic carbocycles. The summed E-state index contributed by atoms with van der Waals surface area (Å²) in [6, 6.07) is 6.73. The molecule has 122 valence electrons. The van der Waals surface area contributed by atoms with Crippen molar-refractivity contribution in [1.29, 1.82) is 0 Å². The first kappa shape index (κ1) is 16.9. The summed E-state index contributed by atoms with van der Waals surface area (Å²) >= 11 is 0. The van der Waals surface area contributed by atoms with Crippen molar-refractivity contribution in [3.63, 3.8) is 0 Å². The highest BCUT2D eigenvalue weighted by Gasteiger charge is 2.29. The van der Waals surface area contributed by atoms with Crippen molar-refractivity contribution in [1.82, 2.24) is 9.21 Å². The van der Waals surface area contributed by atoms with Crippen molar-refractivity contribution in [2.45, 2.75) is 31.7 Å². The van der Waals surface area contributed by atoms with Gasteiger partial charge in [0.1, 0.15) is 0 Å². The number of anilines is 1. The van der Waals surface area contributed by atoms with Gasteiger partial charge in [-0.2, -0.15) is 4.31 Å². The SMILES string of the molecule is CC(=O)Nc1ccc(S(=O)(=O)N2CCN(C(C)C)CC2)cc1. The predicted octanol–water partition coefficient (Wildman–Crippen LogP) is 1.36. The summed E-state index contributed by atoms with van der Waals surface area (Å²) < 4.78 is 26.8. The molecule has 1 aromatic rings. The van der Waals surface area contributed by atoms with Gasteiger partial charge in [-0.05, 0) is 38.1 Å². The molecule has 1 fully saturated rings. The van der Waals surface area contributed by atoms with Crippen LogP contribution in [0.1, 0.15) is 20.8 Å². The fraction of sp³-hybridized carbons (Fsp3) is 0.533. The van der Waals surface area contributed by atoms with E-state index in [0.29, 0.717) is 24.8 Å². The zero-order valence-electron chi connectivity index (χ0n) is 13.2. The van der Waals surface area contributed by atoms with Crippen LogP contribution in [0.25, 0.3) is 0 Å². The van der Waals surface area contributed by atoms with E-state index in [9.17, 15) is 13.2 Å². The van der Waals surface area contributed by atoms with E-state index >= 15 is 0 Å². The van der Waals surface area contributed by atoms with Gasteiger partial charge in [0, 0.05) is 44.8 Å². The van der Waals surface area contributed by atoms with E-state index in [1.54, 1.807) is 12.1 Å². The van der Waals surface area contributed by atoms with E-state index < -0.39 is 10.0 Å². The van der Waals surface area contributed by atoms with Crippen LogP contribution < -0.4 is 5.32 Å². The van der Waals surface area contributed by atoms with Gasteiger partial charge in [-0.1, -0.05) is 0 Å². The Kier molecular flexibility index (Phi) is 5.20. The second-order valence-electron chi connectivity index (χ2n) is 5.74. The summed E-state index contributed by atoms with van der Waals surface area (Å²) in [7, 11) is -3.46. The van der Waals surface area contributed by atoms with Crippen molar-refractivity contribution in [2.24, 2.45) is 0 Å². The molecule has 0 unspecified atom stereocenters. The number of carbonyl (C=O) groups excluding carboxylic acids is 1. The van der Waals surface area contributed by atoms with Crippen LogP contribution in [0.3, 0.4) is 0 Å². The highest BCUT2D eigenvalue weighted by molar-refractivity contribution is 7.89. The molecule has 0 saturated carbocycles. The molecule has 7 heteroatoms. The number of nitrogens with one attached hydrogen (secondary N) is 1. The van der Waals surface area contributed by atoms with Gasteiger partial charge in [0.15, 0.2) is 0 Å². The van der Waals surface area contributed by atoms with Crippen molar-refractivity contribution >= 4 is 21.6 Å². The summed E-state index contributed by atoms with van der Waals surface area (Å²) in [5.41, 5.74) is 0.594. The van der Waals surface area contributed by atoms with Gasteiger partial charge in [0.25, 0.3) is 0 Å². The monoisotopic (exact) mass is 325 g/mol. The molecule has 1 aliphatic heterocycles. The summed E-state index contributed by atoms with van der Waals surface area (Å²) in [5.74, 6) is -0.180. The highest BCUT2D eigenvalue weighted by atomic mass is 32.2. The highest BCUT2D eigenvalue weighted by Crippen LogP contribution is 2.20. The molecular weight excluding hydrogens is 302 g/mol. The van der Waals surface area contributed by atoms with Crippen LogP contribution in [0.4, 0.5) is 5.69 Å². The maximum atomic E-state index is 12.6. The molecule has 0 atom stereocenters. The van der Waals surface area contributed by atoms with Crippen LogP contribution in [-0.2, 0) is 14.8 Å². The molecule has 0 bridgehead atoms. The molecule has 1 aliphatic rings. The summed E-state index contributed by atoms with van der Waals surface area (Å²) in [4.78, 5) is 13.5. The first-order valence-corrected chi connectivity index (χ1v) is 8.86. The van der Waals surface area contributed by atoms with Crippen LogP contribution in [0, 0.1) is 0 Å². The van der Waals surface area contributed by atoms with E-state index in [4.69, 9.17) is 0 Å². The molecule has 1 aromatic carbocycles. The van der Waals surface area contributed by atoms with Gasteiger partial charge in [-0.25, -0.2) is 8.42 Å². The van der Waals surface area contributed by atoms with E-state index in [-0.39, 0.29) is 10.8 Å². The quantitative estimate of drug-likeness (QED) is 0.907. The van der Waals surface area contributed by atoms with Gasteiger partial charge >= 0.3 is 0 Å². The smallest absolute Gasteiger partial charge is 0.243 e. The first-order valence-electron chi connectivity index (χ1n) is 7.42. The fourth-order valence-corrected chi connectivity index (χ4v) is 3.95. The lowest BCUT2D eigenvalue weighted by Crippen LogP contribution is -2.50. The maximum absolute atomic E-state index is 12.6. The average Bonchev–Trinajstić information content (AvgIpc) is 2.47. The Morgan fingerprint density at radius 1 is 1.09 bits per heavy atom. The van der Waals surface area contributed by atoms with E-state index in [1.165, 1.54) is 23.4 Å². The number of carbonyl (C=O) groups is 1. The normalized spacial score (nSPS) is 17.6. The maximum Gasteiger partial charge on any atom is 0.243 e. The standard InChI is InChI=1S/C15H23N3O3S/c1-12(2)17-8-10-18(11-9-17)22(20,21)15-6-4-14(5-7-15)16-13(3)19/h4-7,12H,8-11H2,1-3H3,(H,16,19). The molecule has 22 heavy (non-hydrogen) atoms. The van der Waals surface area contributed by atoms with Gasteiger partial charge in [-0.3, -0.25) is 9.69 Å². The molecule has 1 N–H and O–H groups in total. The molecule has 1 heterocycles. The summed E-state index contributed by atoms with van der Waals surface area (Å²) in [6.07, 6.45) is 0. The van der Waals surface area contributed by atoms with Gasteiger partial charge in [-0.15, -0.1) is 0 Å². The van der Waals surface area contributed by atoms with E-state index in [2.05, 4.69) is 24.1 Å². The summed E-state index contributed by atoms with van der Waals surface area (Å²) in [5, 5.41) is 2.63. The van der Waals surface area contributed by atoms with Crippen LogP contribution in [0.15, 0.2) is 29.2 Å². The van der Waals surface area contributed by atoms with Gasteiger partial charge in [0.05, 0.1) is 4.90 Å². The molecule has 6 nitrogen and oxygen atoms in total. The number of nitrogens with zero attached hydrogens (tertiary/aromatic N) is 2. The lowest BCUT2D eigenvalue weighted by molar-refractivity contribution is -0.114. The first-order chi connectivity index (χ1) is 10.3. The van der Waals surface area contributed by atoms with Crippen LogP contribution in [0.2, 0.25) is 0 Å². The molecule has 0 spiro atoms. The zero-order chi connectivity index (χ0) is 16.3. The zero-order valence-corrected chi connectivity index (χ0v) is 14.1. The number of sulfonamides is 1. The number of amides is 1. The van der Waals surface area contributed by atoms with E-state index in [1.807, 2.05) is 0 Å². The Balaban J connectivity index is 2.09. The van der Waals surface area contributed by atoms with Gasteiger partial charge < -0.3 is 5.32 Å². The number of benzene rings is 1. The molecule has 2 rings (SSSR count). The van der Waals surface area contributed by atoms with E-state index in [0.717, 1.165) is 13.1 Å². The molecular formula is C15H23N3O3S. The Morgan fingerprint density at radius 3 is 2.09 bits per heavy atom. The summed E-state index contributed by atoms with van der Waals surface area (Å²) in [6.45, 7) is 8.17. The Labute approximate surface area is 132 Å². The minimum Gasteiger partial charge on any atom is -0.326 e. The molecule has 0 aromatic heterocycles. The number of piperazine rings is 1. The van der Waals surface area contributed by atoms with Crippen molar-refractivity contribution in [3.8, 4) is 0 Å². The van der Waals surface area contributed by atoms with Crippen molar-refractivity contribution < 1.29 is 13.2 Å². The third-order valence-corrected chi connectivity index (χ3v) is 5.73. The topological polar surface area (TPSA) is 69.7 Å². The molecule has 1 amide bonds. The van der Waals surface area contributed by atoms with Crippen molar-refractivity contribution in [2.75, 3.05) is 31.5 Å². The fourth-order valence-electron chi connectivity index (χ4n) is 2.52. The predicted molar refractivity (Wildman–Crippen MR) is 86.2 cm³/mol. The Hall–Kier alpha value is -1.44. The lowest BCUT2D eigenvalue weighted by atomic mass is 10.3. The minimum atomic E-state index is -3.46. The molecule has 0 radical (unpaired) electrons.